The molecular weight excluding hydrogens is 226 g/mol. The number of ether oxygens (including phenoxy) is 1. The van der Waals surface area contributed by atoms with Gasteiger partial charge >= 0.3 is 5.97 Å². The third-order valence-corrected chi connectivity index (χ3v) is 3.96. The van der Waals surface area contributed by atoms with Crippen LogP contribution in [0.5, 0.6) is 0 Å². The summed E-state index contributed by atoms with van der Waals surface area (Å²) in [5.74, 6) is 0.877. The van der Waals surface area contributed by atoms with E-state index in [2.05, 4.69) is 12.2 Å². The summed E-state index contributed by atoms with van der Waals surface area (Å²) < 4.78 is 4.92. The summed E-state index contributed by atoms with van der Waals surface area (Å²) in [6.45, 7) is 5.59. The number of rotatable bonds is 7. The first-order valence-electron chi connectivity index (χ1n) is 7.65. The van der Waals surface area contributed by atoms with Crippen LogP contribution in [0.15, 0.2) is 0 Å². The van der Waals surface area contributed by atoms with Gasteiger partial charge in [0.25, 0.3) is 0 Å². The van der Waals surface area contributed by atoms with Crippen molar-refractivity contribution < 1.29 is 9.53 Å². The van der Waals surface area contributed by atoms with E-state index < -0.39 is 0 Å². The first-order chi connectivity index (χ1) is 8.76. The summed E-state index contributed by atoms with van der Waals surface area (Å²) in [6.07, 6.45) is 9.50. The van der Waals surface area contributed by atoms with E-state index in [0.29, 0.717) is 19.1 Å². The molecule has 2 atom stereocenters. The molecule has 1 fully saturated rings. The lowest BCUT2D eigenvalue weighted by Gasteiger charge is -2.16. The first kappa shape index (κ1) is 15.5. The van der Waals surface area contributed by atoms with E-state index in [0.717, 1.165) is 18.9 Å². The summed E-state index contributed by atoms with van der Waals surface area (Å²) >= 11 is 0. The molecule has 0 heterocycles. The van der Waals surface area contributed by atoms with E-state index in [4.69, 9.17) is 4.74 Å². The van der Waals surface area contributed by atoms with Gasteiger partial charge in [0.2, 0.25) is 0 Å². The molecule has 1 rings (SSSR count). The molecule has 1 saturated carbocycles. The van der Waals surface area contributed by atoms with Crippen LogP contribution in [0.4, 0.5) is 0 Å². The Kier molecular flexibility index (Phi) is 8.06. The third kappa shape index (κ3) is 6.39. The quantitative estimate of drug-likeness (QED) is 0.431. The summed E-state index contributed by atoms with van der Waals surface area (Å²) in [6, 6.07) is 0.670. The van der Waals surface area contributed by atoms with Crippen LogP contribution in [0.1, 0.15) is 65.2 Å². The Hall–Kier alpha value is -0.570. The highest BCUT2D eigenvalue weighted by Crippen LogP contribution is 2.25. The van der Waals surface area contributed by atoms with Gasteiger partial charge in [-0.2, -0.15) is 0 Å². The molecule has 0 saturated heterocycles. The fraction of sp³-hybridized carbons (Fsp3) is 0.933. The molecule has 106 valence electrons. The lowest BCUT2D eigenvalue weighted by molar-refractivity contribution is -0.143. The summed E-state index contributed by atoms with van der Waals surface area (Å²) in [5, 5.41) is 3.60. The molecule has 0 radical (unpaired) electrons. The standard InChI is InChI=1S/C15H29NO2/c1-3-13-7-5-8-14(11-10-13)16-12-6-9-15(17)18-4-2/h13-14,16H,3-12H2,1-2H3. The van der Waals surface area contributed by atoms with Gasteiger partial charge in [-0.05, 0) is 45.1 Å². The van der Waals surface area contributed by atoms with Crippen LogP contribution in [0.25, 0.3) is 0 Å². The minimum absolute atomic E-state index is 0.0637. The predicted molar refractivity (Wildman–Crippen MR) is 74.5 cm³/mol. The minimum Gasteiger partial charge on any atom is -0.466 e. The van der Waals surface area contributed by atoms with Crippen LogP contribution in [0, 0.1) is 5.92 Å². The molecule has 0 aromatic heterocycles. The van der Waals surface area contributed by atoms with Crippen LogP contribution < -0.4 is 5.32 Å². The maximum absolute atomic E-state index is 11.2. The molecule has 0 aromatic carbocycles. The van der Waals surface area contributed by atoms with E-state index in [1.54, 1.807) is 0 Å². The van der Waals surface area contributed by atoms with Gasteiger partial charge in [0.1, 0.15) is 0 Å². The Morgan fingerprint density at radius 1 is 1.22 bits per heavy atom. The molecule has 2 unspecified atom stereocenters. The van der Waals surface area contributed by atoms with Crippen molar-refractivity contribution in [3.63, 3.8) is 0 Å². The van der Waals surface area contributed by atoms with Crippen molar-refractivity contribution in [1.82, 2.24) is 5.32 Å². The van der Waals surface area contributed by atoms with E-state index in [1.165, 1.54) is 38.5 Å². The third-order valence-electron chi connectivity index (χ3n) is 3.96. The van der Waals surface area contributed by atoms with Crippen LogP contribution in [0.3, 0.4) is 0 Å². The van der Waals surface area contributed by atoms with Gasteiger partial charge in [0, 0.05) is 12.5 Å². The Balaban J connectivity index is 2.06. The number of carbonyl (C=O) groups excluding carboxylic acids is 1. The van der Waals surface area contributed by atoms with Gasteiger partial charge in [0.05, 0.1) is 6.61 Å². The Bertz CT molecular complexity index is 231. The van der Waals surface area contributed by atoms with E-state index in [-0.39, 0.29) is 5.97 Å². The molecule has 3 nitrogen and oxygen atoms in total. The molecule has 0 bridgehead atoms. The topological polar surface area (TPSA) is 38.3 Å². The van der Waals surface area contributed by atoms with Gasteiger partial charge in [-0.15, -0.1) is 0 Å². The van der Waals surface area contributed by atoms with Gasteiger partial charge in [-0.3, -0.25) is 4.79 Å². The Labute approximate surface area is 112 Å². The molecule has 0 aromatic rings. The van der Waals surface area contributed by atoms with Crippen molar-refractivity contribution in [2.24, 2.45) is 5.92 Å². The SMILES string of the molecule is CCOC(=O)CCCNC1CCCC(CC)CC1. The van der Waals surface area contributed by atoms with Crippen molar-refractivity contribution in [1.29, 1.82) is 0 Å². The Morgan fingerprint density at radius 2 is 2.06 bits per heavy atom. The van der Waals surface area contributed by atoms with E-state index in [9.17, 15) is 4.79 Å². The second-order valence-corrected chi connectivity index (χ2v) is 5.34. The van der Waals surface area contributed by atoms with Crippen LogP contribution in [0.2, 0.25) is 0 Å². The predicted octanol–water partition coefficient (Wildman–Crippen LogP) is 3.28. The minimum atomic E-state index is -0.0637. The maximum atomic E-state index is 11.2. The lowest BCUT2D eigenvalue weighted by atomic mass is 9.98. The van der Waals surface area contributed by atoms with Crippen molar-refractivity contribution in [2.75, 3.05) is 13.2 Å². The highest BCUT2D eigenvalue weighted by molar-refractivity contribution is 5.69. The molecule has 0 spiro atoms. The fourth-order valence-corrected chi connectivity index (χ4v) is 2.76. The van der Waals surface area contributed by atoms with Crippen molar-refractivity contribution in [3.05, 3.63) is 0 Å². The smallest absolute Gasteiger partial charge is 0.305 e. The molecule has 1 aliphatic rings. The van der Waals surface area contributed by atoms with Gasteiger partial charge < -0.3 is 10.1 Å². The maximum Gasteiger partial charge on any atom is 0.305 e. The zero-order valence-electron chi connectivity index (χ0n) is 12.0. The zero-order chi connectivity index (χ0) is 13.2. The second-order valence-electron chi connectivity index (χ2n) is 5.34. The highest BCUT2D eigenvalue weighted by atomic mass is 16.5. The van der Waals surface area contributed by atoms with Gasteiger partial charge in [0.15, 0.2) is 0 Å². The number of nitrogens with one attached hydrogen (secondary N) is 1. The largest absolute Gasteiger partial charge is 0.466 e. The summed E-state index contributed by atoms with van der Waals surface area (Å²) in [7, 11) is 0. The van der Waals surface area contributed by atoms with E-state index in [1.807, 2.05) is 6.92 Å². The molecule has 3 heteroatoms. The monoisotopic (exact) mass is 255 g/mol. The van der Waals surface area contributed by atoms with Gasteiger partial charge in [-0.1, -0.05) is 26.2 Å². The Morgan fingerprint density at radius 3 is 2.78 bits per heavy atom. The normalized spacial score (nSPS) is 24.6. The zero-order valence-corrected chi connectivity index (χ0v) is 12.0. The van der Waals surface area contributed by atoms with Crippen molar-refractivity contribution in [2.45, 2.75) is 71.3 Å². The molecule has 1 N–H and O–H groups in total. The second kappa shape index (κ2) is 9.37. The molecular formula is C15H29NO2. The summed E-state index contributed by atoms with van der Waals surface area (Å²) in [4.78, 5) is 11.2. The van der Waals surface area contributed by atoms with Crippen molar-refractivity contribution >= 4 is 5.97 Å². The fourth-order valence-electron chi connectivity index (χ4n) is 2.76. The molecule has 0 amide bonds. The summed E-state index contributed by atoms with van der Waals surface area (Å²) in [5.41, 5.74) is 0. The van der Waals surface area contributed by atoms with Crippen LogP contribution in [-0.2, 0) is 9.53 Å². The lowest BCUT2D eigenvalue weighted by Crippen LogP contribution is -2.29. The van der Waals surface area contributed by atoms with Crippen molar-refractivity contribution in [3.8, 4) is 0 Å². The average molecular weight is 255 g/mol. The number of hydrogen-bond donors (Lipinski definition) is 1. The van der Waals surface area contributed by atoms with Crippen LogP contribution >= 0.6 is 0 Å². The number of esters is 1. The molecule has 1 aliphatic carbocycles. The van der Waals surface area contributed by atoms with E-state index >= 15 is 0 Å². The van der Waals surface area contributed by atoms with Gasteiger partial charge in [-0.25, -0.2) is 0 Å². The average Bonchev–Trinajstić information content (AvgIpc) is 2.60. The first-order valence-corrected chi connectivity index (χ1v) is 7.65. The highest BCUT2D eigenvalue weighted by Gasteiger charge is 2.17. The number of hydrogen-bond acceptors (Lipinski definition) is 3. The molecule has 18 heavy (non-hydrogen) atoms. The number of carbonyl (C=O) groups is 1. The van der Waals surface area contributed by atoms with Crippen LogP contribution in [-0.4, -0.2) is 25.2 Å². The molecule has 0 aliphatic heterocycles.